The van der Waals surface area contributed by atoms with E-state index in [1.807, 2.05) is 0 Å². The Morgan fingerprint density at radius 1 is 1.12 bits per heavy atom. The molecule has 7 heteroatoms. The second-order valence-electron chi connectivity index (χ2n) is 5.43. The van der Waals surface area contributed by atoms with Crippen LogP contribution in [0.15, 0.2) is 42.5 Å². The summed E-state index contributed by atoms with van der Waals surface area (Å²) in [4.78, 5) is 25.5. The summed E-state index contributed by atoms with van der Waals surface area (Å²) in [5.74, 6) is 0.442. The van der Waals surface area contributed by atoms with Gasteiger partial charge in [-0.1, -0.05) is 11.6 Å². The number of hydrogen-bond acceptors (Lipinski definition) is 3. The van der Waals surface area contributed by atoms with Crippen molar-refractivity contribution in [2.45, 2.75) is 13.0 Å². The van der Waals surface area contributed by atoms with Gasteiger partial charge in [0.15, 0.2) is 6.10 Å². The molecule has 0 aromatic heterocycles. The van der Waals surface area contributed by atoms with Crippen molar-refractivity contribution in [1.82, 2.24) is 0 Å². The number of nitrogens with zero attached hydrogens (tertiary/aromatic N) is 1. The molecule has 3 amide bonds. The highest BCUT2D eigenvalue weighted by molar-refractivity contribution is 6.30. The first-order valence-corrected chi connectivity index (χ1v) is 7.73. The molecule has 0 spiro atoms. The molecule has 0 aliphatic carbocycles. The lowest BCUT2D eigenvalue weighted by atomic mass is 10.2. The number of carbonyl (C=O) groups is 2. The maximum absolute atomic E-state index is 12.1. The molecule has 1 heterocycles. The third-order valence-electron chi connectivity index (χ3n) is 3.66. The van der Waals surface area contributed by atoms with Gasteiger partial charge in [-0.15, -0.1) is 0 Å². The quantitative estimate of drug-likeness (QED) is 0.871. The highest BCUT2D eigenvalue weighted by Gasteiger charge is 2.28. The second-order valence-corrected chi connectivity index (χ2v) is 5.86. The monoisotopic (exact) mass is 345 g/mol. The Labute approximate surface area is 144 Å². The van der Waals surface area contributed by atoms with Crippen LogP contribution in [-0.4, -0.2) is 25.1 Å². The summed E-state index contributed by atoms with van der Waals surface area (Å²) < 4.78 is 5.59. The minimum atomic E-state index is -0.555. The summed E-state index contributed by atoms with van der Waals surface area (Å²) in [5.41, 5.74) is 1.86. The molecule has 0 radical (unpaired) electrons. The van der Waals surface area contributed by atoms with Gasteiger partial charge in [0.25, 0.3) is 5.91 Å². The summed E-state index contributed by atoms with van der Waals surface area (Å²) in [6.07, 6.45) is -0.555. The van der Waals surface area contributed by atoms with E-state index in [-0.39, 0.29) is 11.9 Å². The molecule has 2 aromatic rings. The number of likely N-dealkylation sites (N-methyl/N-ethyl adjacent to an activating group) is 1. The number of rotatable bonds is 2. The van der Waals surface area contributed by atoms with Crippen LogP contribution in [0.3, 0.4) is 0 Å². The Bertz CT molecular complexity index is 792. The van der Waals surface area contributed by atoms with Crippen LogP contribution in [0.2, 0.25) is 5.02 Å². The maximum Gasteiger partial charge on any atom is 0.323 e. The first-order valence-electron chi connectivity index (χ1n) is 7.36. The van der Waals surface area contributed by atoms with Gasteiger partial charge < -0.3 is 20.3 Å². The lowest BCUT2D eigenvalue weighted by Crippen LogP contribution is -2.41. The third-order valence-corrected chi connectivity index (χ3v) is 3.92. The zero-order valence-corrected chi connectivity index (χ0v) is 13.9. The van der Waals surface area contributed by atoms with Crippen molar-refractivity contribution < 1.29 is 14.3 Å². The first-order chi connectivity index (χ1) is 11.4. The molecule has 1 unspecified atom stereocenters. The number of ether oxygens (including phenoxy) is 1. The fourth-order valence-electron chi connectivity index (χ4n) is 2.42. The minimum absolute atomic E-state index is 0.108. The number of urea groups is 1. The number of hydrogen-bond donors (Lipinski definition) is 2. The van der Waals surface area contributed by atoms with Gasteiger partial charge in [-0.05, 0) is 43.3 Å². The molecule has 1 atom stereocenters. The van der Waals surface area contributed by atoms with E-state index in [4.69, 9.17) is 16.3 Å². The van der Waals surface area contributed by atoms with Crippen LogP contribution in [0.1, 0.15) is 6.92 Å². The van der Waals surface area contributed by atoms with Crippen molar-refractivity contribution in [3.8, 4) is 5.75 Å². The van der Waals surface area contributed by atoms with Crippen LogP contribution in [0.4, 0.5) is 21.9 Å². The van der Waals surface area contributed by atoms with E-state index < -0.39 is 6.10 Å². The highest BCUT2D eigenvalue weighted by atomic mass is 35.5. The summed E-state index contributed by atoms with van der Waals surface area (Å²) in [5, 5.41) is 6.04. The summed E-state index contributed by atoms with van der Waals surface area (Å²) >= 11 is 5.81. The molecular weight excluding hydrogens is 330 g/mol. The van der Waals surface area contributed by atoms with Crippen LogP contribution in [0.5, 0.6) is 5.75 Å². The molecule has 124 valence electrons. The van der Waals surface area contributed by atoms with E-state index in [9.17, 15) is 9.59 Å². The van der Waals surface area contributed by atoms with Gasteiger partial charge in [-0.25, -0.2) is 4.79 Å². The fourth-order valence-corrected chi connectivity index (χ4v) is 2.55. The van der Waals surface area contributed by atoms with Gasteiger partial charge in [0.2, 0.25) is 0 Å². The summed E-state index contributed by atoms with van der Waals surface area (Å²) in [6.45, 7) is 1.69. The molecule has 1 aliphatic heterocycles. The molecule has 24 heavy (non-hydrogen) atoms. The van der Waals surface area contributed by atoms with Crippen LogP contribution >= 0.6 is 11.6 Å². The van der Waals surface area contributed by atoms with Crippen molar-refractivity contribution in [3.63, 3.8) is 0 Å². The lowest BCUT2D eigenvalue weighted by molar-refractivity contribution is -0.125. The number of amides is 3. The highest BCUT2D eigenvalue weighted by Crippen LogP contribution is 2.35. The van der Waals surface area contributed by atoms with Crippen LogP contribution in [-0.2, 0) is 4.79 Å². The molecular formula is C17H16ClN3O3. The number of benzene rings is 2. The standard InChI is InChI=1S/C17H16ClN3O3/c1-10-16(22)21(2)14-8-7-13(9-15(14)24-10)20-17(23)19-12-5-3-11(18)4-6-12/h3-10H,1-2H3,(H2,19,20,23). The Kier molecular flexibility index (Phi) is 4.31. The van der Waals surface area contributed by atoms with Crippen LogP contribution < -0.4 is 20.3 Å². The summed E-state index contributed by atoms with van der Waals surface area (Å²) in [6, 6.07) is 11.6. The van der Waals surface area contributed by atoms with Gasteiger partial charge in [0, 0.05) is 29.5 Å². The Hall–Kier alpha value is -2.73. The fraction of sp³-hybridized carbons (Fsp3) is 0.176. The number of nitrogens with one attached hydrogen (secondary N) is 2. The predicted molar refractivity (Wildman–Crippen MR) is 94.0 cm³/mol. The molecule has 0 saturated carbocycles. The minimum Gasteiger partial charge on any atom is -0.479 e. The number of anilines is 3. The Balaban J connectivity index is 1.72. The van der Waals surface area contributed by atoms with E-state index in [1.54, 1.807) is 61.3 Å². The van der Waals surface area contributed by atoms with Gasteiger partial charge in [0.1, 0.15) is 5.75 Å². The molecule has 0 saturated heterocycles. The second kappa shape index (κ2) is 6.41. The third kappa shape index (κ3) is 3.28. The van der Waals surface area contributed by atoms with Crippen molar-refractivity contribution >= 4 is 40.6 Å². The maximum atomic E-state index is 12.1. The van der Waals surface area contributed by atoms with Crippen LogP contribution in [0, 0.1) is 0 Å². The van der Waals surface area contributed by atoms with Crippen LogP contribution in [0.25, 0.3) is 0 Å². The molecule has 2 N–H and O–H groups in total. The number of fused-ring (bicyclic) bond motifs is 1. The molecule has 6 nitrogen and oxygen atoms in total. The van der Waals surface area contributed by atoms with E-state index in [2.05, 4.69) is 10.6 Å². The molecule has 0 fully saturated rings. The number of halogens is 1. The van der Waals surface area contributed by atoms with Gasteiger partial charge in [0.05, 0.1) is 5.69 Å². The van der Waals surface area contributed by atoms with Gasteiger partial charge in [-0.3, -0.25) is 4.79 Å². The van der Waals surface area contributed by atoms with E-state index in [0.717, 1.165) is 0 Å². The van der Waals surface area contributed by atoms with E-state index >= 15 is 0 Å². The van der Waals surface area contributed by atoms with E-state index in [1.165, 1.54) is 0 Å². The predicted octanol–water partition coefficient (Wildman–Crippen LogP) is 3.73. The number of carbonyl (C=O) groups excluding carboxylic acids is 2. The lowest BCUT2D eigenvalue weighted by Gasteiger charge is -2.30. The largest absolute Gasteiger partial charge is 0.479 e. The molecule has 3 rings (SSSR count). The van der Waals surface area contributed by atoms with Gasteiger partial charge in [-0.2, -0.15) is 0 Å². The van der Waals surface area contributed by atoms with Crippen molar-refractivity contribution in [2.75, 3.05) is 22.6 Å². The average Bonchev–Trinajstić information content (AvgIpc) is 2.55. The van der Waals surface area contributed by atoms with Crippen molar-refractivity contribution in [2.24, 2.45) is 0 Å². The smallest absolute Gasteiger partial charge is 0.323 e. The molecule has 1 aliphatic rings. The SMILES string of the molecule is CC1Oc2cc(NC(=O)Nc3ccc(Cl)cc3)ccc2N(C)C1=O. The average molecular weight is 346 g/mol. The zero-order chi connectivity index (χ0) is 17.3. The summed E-state index contributed by atoms with van der Waals surface area (Å²) in [7, 11) is 1.69. The van der Waals surface area contributed by atoms with Gasteiger partial charge >= 0.3 is 6.03 Å². The van der Waals surface area contributed by atoms with E-state index in [0.29, 0.717) is 27.8 Å². The normalized spacial score (nSPS) is 16.2. The molecule has 0 bridgehead atoms. The topological polar surface area (TPSA) is 70.7 Å². The Morgan fingerprint density at radius 2 is 1.75 bits per heavy atom. The van der Waals surface area contributed by atoms with Crippen molar-refractivity contribution in [1.29, 1.82) is 0 Å². The molecule has 2 aromatic carbocycles. The Morgan fingerprint density at radius 3 is 2.46 bits per heavy atom. The first kappa shape index (κ1) is 16.1. The zero-order valence-electron chi connectivity index (χ0n) is 13.2. The van der Waals surface area contributed by atoms with Crippen molar-refractivity contribution in [3.05, 3.63) is 47.5 Å².